The molecule has 0 aromatic heterocycles. The summed E-state index contributed by atoms with van der Waals surface area (Å²) in [4.78, 5) is 25.3. The first-order valence-corrected chi connectivity index (χ1v) is 6.92. The van der Waals surface area contributed by atoms with Crippen molar-refractivity contribution in [3.05, 3.63) is 54.1 Å². The molecular weight excluding hydrogens is 304 g/mol. The molecule has 2 aromatic carbocycles. The lowest BCUT2D eigenvalue weighted by atomic mass is 10.2. The van der Waals surface area contributed by atoms with Crippen LogP contribution in [0, 0.1) is 11.6 Å². The second kappa shape index (κ2) is 6.04. The fourth-order valence-electron chi connectivity index (χ4n) is 2.41. The van der Waals surface area contributed by atoms with Crippen LogP contribution in [0.1, 0.15) is 0 Å². The van der Waals surface area contributed by atoms with E-state index in [0.29, 0.717) is 11.4 Å². The van der Waals surface area contributed by atoms with E-state index in [9.17, 15) is 18.4 Å². The van der Waals surface area contributed by atoms with Crippen LogP contribution >= 0.6 is 0 Å². The lowest BCUT2D eigenvalue weighted by molar-refractivity contribution is -0.115. The molecule has 7 heteroatoms. The number of hydrogen-bond donors (Lipinski definition) is 2. The molecule has 2 N–H and O–H groups in total. The van der Waals surface area contributed by atoms with Crippen molar-refractivity contribution in [3.63, 3.8) is 0 Å². The third-order valence-electron chi connectivity index (χ3n) is 3.41. The van der Waals surface area contributed by atoms with Crippen LogP contribution in [-0.4, -0.2) is 24.9 Å². The highest BCUT2D eigenvalue weighted by Crippen LogP contribution is 2.28. The number of hydrogen-bond acceptors (Lipinski definition) is 3. The molecule has 2 aromatic rings. The third kappa shape index (κ3) is 3.13. The molecule has 3 rings (SSSR count). The molecule has 23 heavy (non-hydrogen) atoms. The van der Waals surface area contributed by atoms with Crippen molar-refractivity contribution in [2.75, 3.05) is 28.6 Å². The molecule has 1 heterocycles. The molecule has 0 spiro atoms. The first-order chi connectivity index (χ1) is 11.0. The Hall–Kier alpha value is -2.96. The summed E-state index contributed by atoms with van der Waals surface area (Å²) in [6, 6.07) is 10.3. The third-order valence-corrected chi connectivity index (χ3v) is 3.41. The van der Waals surface area contributed by atoms with Gasteiger partial charge in [-0.25, -0.2) is 8.78 Å². The smallest absolute Gasteiger partial charge is 0.244 e. The maximum atomic E-state index is 13.6. The summed E-state index contributed by atoms with van der Waals surface area (Å²) in [5.41, 5.74) is 0.775. The minimum atomic E-state index is -0.852. The van der Waals surface area contributed by atoms with Gasteiger partial charge in [0.1, 0.15) is 17.3 Å². The van der Waals surface area contributed by atoms with Gasteiger partial charge < -0.3 is 15.5 Å². The molecule has 0 unspecified atom stereocenters. The van der Waals surface area contributed by atoms with Crippen LogP contribution in [0.5, 0.6) is 0 Å². The Morgan fingerprint density at radius 1 is 1.13 bits per heavy atom. The van der Waals surface area contributed by atoms with Gasteiger partial charge in [0.25, 0.3) is 0 Å². The van der Waals surface area contributed by atoms with Crippen LogP contribution in [0.15, 0.2) is 42.5 Å². The second-order valence-electron chi connectivity index (χ2n) is 5.07. The lowest BCUT2D eigenvalue weighted by Crippen LogP contribution is -2.42. The van der Waals surface area contributed by atoms with Crippen LogP contribution in [0.25, 0.3) is 0 Å². The first kappa shape index (κ1) is 15.0. The molecule has 5 nitrogen and oxygen atoms in total. The van der Waals surface area contributed by atoms with E-state index < -0.39 is 23.2 Å². The molecule has 1 aliphatic heterocycles. The number of carbonyl (C=O) groups is 2. The number of amides is 2. The zero-order chi connectivity index (χ0) is 16.4. The van der Waals surface area contributed by atoms with E-state index in [4.69, 9.17) is 0 Å². The van der Waals surface area contributed by atoms with Crippen molar-refractivity contribution in [2.45, 2.75) is 0 Å². The van der Waals surface area contributed by atoms with Gasteiger partial charge in [-0.15, -0.1) is 0 Å². The second-order valence-corrected chi connectivity index (χ2v) is 5.07. The van der Waals surface area contributed by atoms with Gasteiger partial charge in [0.15, 0.2) is 0 Å². The molecular formula is C16H13F2N3O2. The molecule has 0 aliphatic carbocycles. The number of para-hydroxylation sites is 3. The molecule has 0 atom stereocenters. The Labute approximate surface area is 130 Å². The molecule has 0 bridgehead atoms. The van der Waals surface area contributed by atoms with Gasteiger partial charge >= 0.3 is 0 Å². The number of benzene rings is 2. The SMILES string of the molecule is O=C1CN(CC(=O)Nc2c(F)cccc2F)c2ccccc2N1. The average Bonchev–Trinajstić information content (AvgIpc) is 2.51. The quantitative estimate of drug-likeness (QED) is 0.913. The number of carbonyl (C=O) groups excluding carboxylic acids is 2. The van der Waals surface area contributed by atoms with Gasteiger partial charge in [0, 0.05) is 0 Å². The Balaban J connectivity index is 1.77. The van der Waals surface area contributed by atoms with Gasteiger partial charge in [0.05, 0.1) is 24.5 Å². The van der Waals surface area contributed by atoms with Crippen molar-refractivity contribution in [3.8, 4) is 0 Å². The average molecular weight is 317 g/mol. The summed E-state index contributed by atoms with van der Waals surface area (Å²) < 4.78 is 27.1. The monoisotopic (exact) mass is 317 g/mol. The normalized spacial score (nSPS) is 13.3. The summed E-state index contributed by atoms with van der Waals surface area (Å²) in [6.07, 6.45) is 0. The fraction of sp³-hybridized carbons (Fsp3) is 0.125. The molecule has 2 amide bonds. The zero-order valence-corrected chi connectivity index (χ0v) is 12.0. The van der Waals surface area contributed by atoms with Gasteiger partial charge in [0.2, 0.25) is 11.8 Å². The molecule has 0 saturated heterocycles. The molecule has 0 fully saturated rings. The largest absolute Gasteiger partial charge is 0.351 e. The predicted octanol–water partition coefficient (Wildman–Crippen LogP) is 2.36. The van der Waals surface area contributed by atoms with Gasteiger partial charge in [-0.05, 0) is 24.3 Å². The van der Waals surface area contributed by atoms with Crippen LogP contribution in [0.2, 0.25) is 0 Å². The van der Waals surface area contributed by atoms with E-state index in [1.807, 2.05) is 0 Å². The number of rotatable bonds is 3. The Bertz CT molecular complexity index is 759. The summed E-state index contributed by atoms with van der Waals surface area (Å²) in [5, 5.41) is 4.91. The highest BCUT2D eigenvalue weighted by molar-refractivity contribution is 6.03. The van der Waals surface area contributed by atoms with Gasteiger partial charge in [-0.1, -0.05) is 18.2 Å². The van der Waals surface area contributed by atoms with E-state index in [2.05, 4.69) is 10.6 Å². The maximum absolute atomic E-state index is 13.6. The Kier molecular flexibility index (Phi) is 3.92. The summed E-state index contributed by atoms with van der Waals surface area (Å²) >= 11 is 0. The van der Waals surface area contributed by atoms with E-state index >= 15 is 0 Å². The lowest BCUT2D eigenvalue weighted by Gasteiger charge is -2.30. The molecule has 118 valence electrons. The summed E-state index contributed by atoms with van der Waals surface area (Å²) in [6.45, 7) is -0.206. The zero-order valence-electron chi connectivity index (χ0n) is 12.0. The number of nitrogens with zero attached hydrogens (tertiary/aromatic N) is 1. The number of fused-ring (bicyclic) bond motifs is 1. The maximum Gasteiger partial charge on any atom is 0.244 e. The fourth-order valence-corrected chi connectivity index (χ4v) is 2.41. The van der Waals surface area contributed by atoms with Crippen molar-refractivity contribution < 1.29 is 18.4 Å². The van der Waals surface area contributed by atoms with Crippen molar-refractivity contribution in [1.29, 1.82) is 0 Å². The molecule has 0 radical (unpaired) electrons. The van der Waals surface area contributed by atoms with Crippen molar-refractivity contribution in [1.82, 2.24) is 0 Å². The van der Waals surface area contributed by atoms with E-state index in [1.54, 1.807) is 29.2 Å². The number of nitrogens with one attached hydrogen (secondary N) is 2. The molecule has 0 saturated carbocycles. The van der Waals surface area contributed by atoms with Gasteiger partial charge in [-0.3, -0.25) is 9.59 Å². The van der Waals surface area contributed by atoms with Crippen LogP contribution in [-0.2, 0) is 9.59 Å². The van der Waals surface area contributed by atoms with Crippen LogP contribution < -0.4 is 15.5 Å². The van der Waals surface area contributed by atoms with Crippen molar-refractivity contribution >= 4 is 28.9 Å². The Morgan fingerprint density at radius 2 is 1.83 bits per heavy atom. The summed E-state index contributed by atoms with van der Waals surface area (Å²) in [7, 11) is 0. The van der Waals surface area contributed by atoms with Crippen LogP contribution in [0.3, 0.4) is 0 Å². The Morgan fingerprint density at radius 3 is 2.57 bits per heavy atom. The minimum absolute atomic E-state index is 0.00973. The molecule has 1 aliphatic rings. The minimum Gasteiger partial charge on any atom is -0.351 e. The number of halogens is 2. The van der Waals surface area contributed by atoms with Crippen LogP contribution in [0.4, 0.5) is 25.8 Å². The van der Waals surface area contributed by atoms with Crippen molar-refractivity contribution in [2.24, 2.45) is 0 Å². The topological polar surface area (TPSA) is 61.4 Å². The van der Waals surface area contributed by atoms with E-state index in [0.717, 1.165) is 12.1 Å². The highest BCUT2D eigenvalue weighted by atomic mass is 19.1. The predicted molar refractivity (Wildman–Crippen MR) is 82.3 cm³/mol. The first-order valence-electron chi connectivity index (χ1n) is 6.92. The van der Waals surface area contributed by atoms with E-state index in [1.165, 1.54) is 6.07 Å². The summed E-state index contributed by atoms with van der Waals surface area (Å²) in [5.74, 6) is -2.57. The highest BCUT2D eigenvalue weighted by Gasteiger charge is 2.24. The standard InChI is InChI=1S/C16H13F2N3O2/c17-10-4-3-5-11(18)16(10)20-15(23)9-21-8-14(22)19-12-6-1-2-7-13(12)21/h1-7H,8-9H2,(H,19,22)(H,20,23). The van der Waals surface area contributed by atoms with E-state index in [-0.39, 0.29) is 19.0 Å². The number of anilines is 3. The van der Waals surface area contributed by atoms with Gasteiger partial charge in [-0.2, -0.15) is 0 Å².